The van der Waals surface area contributed by atoms with Crippen LogP contribution in [0.25, 0.3) is 22.2 Å². The van der Waals surface area contributed by atoms with Gasteiger partial charge in [-0.05, 0) is 30.7 Å². The zero-order valence-corrected chi connectivity index (χ0v) is 13.6. The number of H-pyrrole nitrogens is 1. The second-order valence-corrected chi connectivity index (χ2v) is 5.52. The van der Waals surface area contributed by atoms with Crippen molar-refractivity contribution < 1.29 is 9.53 Å². The van der Waals surface area contributed by atoms with Gasteiger partial charge >= 0.3 is 0 Å². The average molecular weight is 323 g/mol. The zero-order chi connectivity index (χ0) is 17.3. The average Bonchev–Trinajstić information content (AvgIpc) is 2.55. The van der Waals surface area contributed by atoms with E-state index in [-0.39, 0.29) is 11.5 Å². The molecular weight excluding hydrogens is 306 g/mol. The van der Waals surface area contributed by atoms with Crippen molar-refractivity contribution in [3.05, 3.63) is 52.4 Å². The first kappa shape index (κ1) is 15.7. The lowest BCUT2D eigenvalue weighted by atomic mass is 10.0. The molecule has 24 heavy (non-hydrogen) atoms. The number of anilines is 1. The van der Waals surface area contributed by atoms with Crippen molar-refractivity contribution in [1.29, 1.82) is 0 Å². The topological polar surface area (TPSA) is 84.1 Å². The predicted octanol–water partition coefficient (Wildman–Crippen LogP) is 2.87. The lowest BCUT2D eigenvalue weighted by Gasteiger charge is -2.13. The Morgan fingerprint density at radius 3 is 2.67 bits per heavy atom. The summed E-state index contributed by atoms with van der Waals surface area (Å²) in [5.41, 5.74) is 3.80. The molecule has 0 bridgehead atoms. The maximum atomic E-state index is 11.4. The van der Waals surface area contributed by atoms with Crippen LogP contribution < -0.4 is 15.6 Å². The van der Waals surface area contributed by atoms with Crippen LogP contribution in [0.1, 0.15) is 12.5 Å². The summed E-state index contributed by atoms with van der Waals surface area (Å²) >= 11 is 0. The number of aromatic amines is 1. The van der Waals surface area contributed by atoms with Gasteiger partial charge in [0.1, 0.15) is 5.75 Å². The lowest BCUT2D eigenvalue weighted by molar-refractivity contribution is -0.114. The summed E-state index contributed by atoms with van der Waals surface area (Å²) in [5, 5.41) is 3.69. The number of benzene rings is 1. The molecule has 2 N–H and O–H groups in total. The Hall–Kier alpha value is -3.15. The van der Waals surface area contributed by atoms with Crippen molar-refractivity contribution in [3.63, 3.8) is 0 Å². The molecule has 0 spiro atoms. The van der Waals surface area contributed by atoms with Gasteiger partial charge in [0.2, 0.25) is 11.5 Å². The third kappa shape index (κ3) is 2.99. The monoisotopic (exact) mass is 323 g/mol. The van der Waals surface area contributed by atoms with Gasteiger partial charge in [-0.1, -0.05) is 0 Å². The molecule has 6 nitrogen and oxygen atoms in total. The van der Waals surface area contributed by atoms with Gasteiger partial charge in [0.25, 0.3) is 0 Å². The Kier molecular flexibility index (Phi) is 4.04. The maximum Gasteiger partial charge on any atom is 0.247 e. The summed E-state index contributed by atoms with van der Waals surface area (Å²) in [4.78, 5) is 29.9. The van der Waals surface area contributed by atoms with Crippen LogP contribution in [0.15, 0.2) is 41.3 Å². The number of aryl methyl sites for hydroxylation is 1. The van der Waals surface area contributed by atoms with Gasteiger partial charge in [-0.25, -0.2) is 4.98 Å². The fraction of sp³-hybridized carbons (Fsp3) is 0.167. The van der Waals surface area contributed by atoms with Crippen molar-refractivity contribution in [3.8, 4) is 17.0 Å². The van der Waals surface area contributed by atoms with Crippen LogP contribution in [0.5, 0.6) is 5.75 Å². The number of nitrogens with one attached hydrogen (secondary N) is 2. The molecule has 0 aliphatic rings. The molecule has 0 saturated carbocycles. The number of ether oxygens (including phenoxy) is 1. The summed E-state index contributed by atoms with van der Waals surface area (Å²) < 4.78 is 5.35. The molecule has 0 atom stereocenters. The molecule has 0 aliphatic carbocycles. The van der Waals surface area contributed by atoms with Crippen LogP contribution >= 0.6 is 0 Å². The molecule has 0 aliphatic heterocycles. The molecule has 3 aromatic rings. The second kappa shape index (κ2) is 6.16. The van der Waals surface area contributed by atoms with E-state index >= 15 is 0 Å². The van der Waals surface area contributed by atoms with Gasteiger partial charge in [-0.3, -0.25) is 9.59 Å². The fourth-order valence-electron chi connectivity index (χ4n) is 2.60. The lowest BCUT2D eigenvalue weighted by Crippen LogP contribution is -2.07. The van der Waals surface area contributed by atoms with Crippen molar-refractivity contribution in [2.24, 2.45) is 0 Å². The van der Waals surface area contributed by atoms with Crippen LogP contribution in [0.2, 0.25) is 0 Å². The van der Waals surface area contributed by atoms with E-state index < -0.39 is 0 Å². The minimum atomic E-state index is -0.164. The highest BCUT2D eigenvalue weighted by Gasteiger charge is 2.11. The number of nitrogens with zero attached hydrogens (tertiary/aromatic N) is 1. The number of rotatable bonds is 3. The van der Waals surface area contributed by atoms with E-state index in [1.807, 2.05) is 19.1 Å². The first-order valence-electron chi connectivity index (χ1n) is 7.44. The molecule has 0 fully saturated rings. The number of hydrogen-bond acceptors (Lipinski definition) is 4. The molecule has 0 radical (unpaired) electrons. The molecule has 1 aromatic carbocycles. The molecule has 3 rings (SSSR count). The summed E-state index contributed by atoms with van der Waals surface area (Å²) in [6.07, 6.45) is 1.64. The molecule has 2 heterocycles. The van der Waals surface area contributed by atoms with Gasteiger partial charge < -0.3 is 15.0 Å². The van der Waals surface area contributed by atoms with Gasteiger partial charge in [-0.15, -0.1) is 0 Å². The minimum absolute atomic E-state index is 0.155. The van der Waals surface area contributed by atoms with Gasteiger partial charge in [0.05, 0.1) is 24.0 Å². The fourth-order valence-corrected chi connectivity index (χ4v) is 2.60. The number of carbonyl (C=O) groups excluding carboxylic acids is 1. The molecule has 0 unspecified atom stereocenters. The van der Waals surface area contributed by atoms with Crippen LogP contribution in [0, 0.1) is 6.92 Å². The normalized spacial score (nSPS) is 10.6. The highest BCUT2D eigenvalue weighted by atomic mass is 16.5. The summed E-state index contributed by atoms with van der Waals surface area (Å²) in [6.45, 7) is 3.43. The summed E-state index contributed by atoms with van der Waals surface area (Å²) in [5.74, 6) is 0.381. The summed E-state index contributed by atoms with van der Waals surface area (Å²) in [7, 11) is 1.55. The van der Waals surface area contributed by atoms with E-state index in [9.17, 15) is 9.59 Å². The molecule has 2 aromatic heterocycles. The Labute approximate surface area is 138 Å². The van der Waals surface area contributed by atoms with Crippen molar-refractivity contribution >= 4 is 22.5 Å². The highest BCUT2D eigenvalue weighted by Crippen LogP contribution is 2.32. The van der Waals surface area contributed by atoms with Crippen LogP contribution in [-0.2, 0) is 4.79 Å². The third-order valence-corrected chi connectivity index (χ3v) is 3.73. The van der Waals surface area contributed by atoms with Crippen LogP contribution in [-0.4, -0.2) is 23.0 Å². The first-order chi connectivity index (χ1) is 11.5. The number of carbonyl (C=O) groups is 1. The molecule has 0 saturated heterocycles. The highest BCUT2D eigenvalue weighted by molar-refractivity contribution is 5.96. The third-order valence-electron chi connectivity index (χ3n) is 3.73. The number of amides is 1. The summed E-state index contributed by atoms with van der Waals surface area (Å²) in [6, 6.07) is 8.80. The Bertz CT molecular complexity index is 972. The predicted molar refractivity (Wildman–Crippen MR) is 93.4 cm³/mol. The Morgan fingerprint density at radius 1 is 1.25 bits per heavy atom. The van der Waals surface area contributed by atoms with Crippen molar-refractivity contribution in [2.45, 2.75) is 13.8 Å². The minimum Gasteiger partial charge on any atom is -0.494 e. The largest absolute Gasteiger partial charge is 0.494 e. The smallest absolute Gasteiger partial charge is 0.247 e. The molecular formula is C18H17N3O3. The van der Waals surface area contributed by atoms with Crippen LogP contribution in [0.3, 0.4) is 0 Å². The number of hydrogen-bond donors (Lipinski definition) is 2. The first-order valence-corrected chi connectivity index (χ1v) is 7.44. The van der Waals surface area contributed by atoms with E-state index in [2.05, 4.69) is 15.3 Å². The van der Waals surface area contributed by atoms with E-state index in [1.165, 1.54) is 13.0 Å². The Morgan fingerprint density at radius 2 is 2.04 bits per heavy atom. The second-order valence-electron chi connectivity index (χ2n) is 5.52. The van der Waals surface area contributed by atoms with Gasteiger partial charge in [0, 0.05) is 36.2 Å². The quantitative estimate of drug-likeness (QED) is 0.776. The van der Waals surface area contributed by atoms with Crippen molar-refractivity contribution in [2.75, 3.05) is 12.4 Å². The molecule has 6 heteroatoms. The maximum absolute atomic E-state index is 11.4. The zero-order valence-electron chi connectivity index (χ0n) is 13.6. The molecule has 122 valence electrons. The van der Waals surface area contributed by atoms with Gasteiger partial charge in [-0.2, -0.15) is 0 Å². The van der Waals surface area contributed by atoms with E-state index in [0.717, 1.165) is 27.7 Å². The standard InChI is InChI=1S/C18H17N3O3/c1-10-6-14(12-4-5-18(23)19-9-12)21-15-8-17(24-3)16(7-13(10)15)20-11(2)22/h4-9H,1-3H3,(H,19,23)(H,20,22). The van der Waals surface area contributed by atoms with Crippen LogP contribution in [0.4, 0.5) is 5.69 Å². The SMILES string of the molecule is COc1cc2nc(-c3ccc(=O)[nH]c3)cc(C)c2cc1NC(C)=O. The van der Waals surface area contributed by atoms with E-state index in [1.54, 1.807) is 25.4 Å². The number of aromatic nitrogens is 2. The van der Waals surface area contributed by atoms with Gasteiger partial charge in [0.15, 0.2) is 0 Å². The van der Waals surface area contributed by atoms with Crippen molar-refractivity contribution in [1.82, 2.24) is 9.97 Å². The number of methoxy groups -OCH3 is 1. The van der Waals surface area contributed by atoms with E-state index in [0.29, 0.717) is 11.4 Å². The molecule has 1 amide bonds. The Balaban J connectivity index is 2.18. The number of fused-ring (bicyclic) bond motifs is 1. The van der Waals surface area contributed by atoms with E-state index in [4.69, 9.17) is 4.74 Å². The number of pyridine rings is 2.